The van der Waals surface area contributed by atoms with Gasteiger partial charge in [-0.15, -0.1) is 0 Å². The molecule has 6 rings (SSSR count). The van der Waals surface area contributed by atoms with Crippen molar-refractivity contribution in [1.82, 2.24) is 20.1 Å². The molecule has 122 valence electrons. The molecule has 0 radical (unpaired) electrons. The quantitative estimate of drug-likeness (QED) is 0.868. The molecule has 3 aliphatic heterocycles. The molecule has 1 saturated carbocycles. The zero-order valence-corrected chi connectivity index (χ0v) is 13.5. The summed E-state index contributed by atoms with van der Waals surface area (Å²) in [5.41, 5.74) is 3.05. The monoisotopic (exact) mass is 312 g/mol. The number of nitrogens with zero attached hydrogens (tertiary/aromatic N) is 4. The zero-order valence-electron chi connectivity index (χ0n) is 13.5. The van der Waals surface area contributed by atoms with Crippen molar-refractivity contribution in [3.63, 3.8) is 0 Å². The fourth-order valence-corrected chi connectivity index (χ4v) is 4.49. The predicted molar refractivity (Wildman–Crippen MR) is 87.9 cm³/mol. The summed E-state index contributed by atoms with van der Waals surface area (Å²) in [6, 6.07) is 6.96. The molecule has 0 amide bonds. The zero-order chi connectivity index (χ0) is 15.2. The van der Waals surface area contributed by atoms with Crippen LogP contribution in [0.5, 0.6) is 0 Å². The van der Waals surface area contributed by atoms with Gasteiger partial charge in [0, 0.05) is 38.8 Å². The van der Waals surface area contributed by atoms with Crippen molar-refractivity contribution in [2.75, 3.05) is 26.2 Å². The van der Waals surface area contributed by atoms with Crippen LogP contribution in [0.4, 0.5) is 0 Å². The molecule has 5 heteroatoms. The van der Waals surface area contributed by atoms with Crippen LogP contribution in [0, 0.1) is 11.8 Å². The smallest absolute Gasteiger partial charge is 0.139 e. The third kappa shape index (κ3) is 2.76. The Bertz CT molecular complexity index is 695. The minimum Gasteiger partial charge on any atom is -0.299 e. The summed E-state index contributed by atoms with van der Waals surface area (Å²) in [5, 5.41) is 8.07. The molecule has 4 heterocycles. The van der Waals surface area contributed by atoms with E-state index in [1.54, 1.807) is 0 Å². The molecule has 23 heavy (non-hydrogen) atoms. The Hall–Kier alpha value is -1.46. The maximum Gasteiger partial charge on any atom is 0.139 e. The van der Waals surface area contributed by atoms with Crippen molar-refractivity contribution < 1.29 is 4.63 Å². The predicted octanol–water partition coefficient (Wildman–Crippen LogP) is 2.53. The van der Waals surface area contributed by atoms with Crippen molar-refractivity contribution in [1.29, 1.82) is 0 Å². The van der Waals surface area contributed by atoms with Crippen LogP contribution in [-0.2, 0) is 6.54 Å². The van der Waals surface area contributed by atoms with Gasteiger partial charge < -0.3 is 0 Å². The van der Waals surface area contributed by atoms with Gasteiger partial charge in [0.15, 0.2) is 0 Å². The van der Waals surface area contributed by atoms with E-state index in [1.807, 2.05) is 6.07 Å². The number of rotatable bonds is 4. The van der Waals surface area contributed by atoms with Gasteiger partial charge in [0.1, 0.15) is 11.0 Å². The Labute approximate surface area is 136 Å². The van der Waals surface area contributed by atoms with Gasteiger partial charge in [-0.05, 0) is 59.5 Å². The van der Waals surface area contributed by atoms with E-state index in [2.05, 4.69) is 32.2 Å². The summed E-state index contributed by atoms with van der Waals surface area (Å²) >= 11 is 0. The largest absolute Gasteiger partial charge is 0.299 e. The van der Waals surface area contributed by atoms with Crippen molar-refractivity contribution in [2.24, 2.45) is 11.8 Å². The molecule has 2 atom stereocenters. The minimum atomic E-state index is 0.754. The second-order valence-electron chi connectivity index (χ2n) is 7.74. The molecule has 0 spiro atoms. The van der Waals surface area contributed by atoms with Crippen LogP contribution in [0.2, 0.25) is 0 Å². The molecule has 1 aromatic heterocycles. The van der Waals surface area contributed by atoms with Gasteiger partial charge in [-0.3, -0.25) is 9.80 Å². The van der Waals surface area contributed by atoms with E-state index in [0.717, 1.165) is 35.5 Å². The Kier molecular flexibility index (Phi) is 3.37. The van der Waals surface area contributed by atoms with Crippen molar-refractivity contribution >= 4 is 11.0 Å². The van der Waals surface area contributed by atoms with E-state index in [0.29, 0.717) is 0 Å². The number of hydrogen-bond donors (Lipinski definition) is 0. The number of aromatic nitrogens is 2. The molecule has 2 bridgehead atoms. The molecule has 4 aliphatic rings. The van der Waals surface area contributed by atoms with Crippen LogP contribution in [-0.4, -0.2) is 52.3 Å². The third-order valence-corrected chi connectivity index (χ3v) is 5.86. The lowest BCUT2D eigenvalue weighted by Gasteiger charge is -2.36. The number of piperidine rings is 1. The lowest BCUT2D eigenvalue weighted by molar-refractivity contribution is 0.125. The molecule has 0 N–H and O–H groups in total. The molecule has 3 saturated heterocycles. The molecule has 1 aromatic carbocycles. The lowest BCUT2D eigenvalue weighted by atomic mass is 9.95. The third-order valence-electron chi connectivity index (χ3n) is 5.86. The molecule has 1 aliphatic carbocycles. The number of benzene rings is 1. The second-order valence-corrected chi connectivity index (χ2v) is 7.74. The summed E-state index contributed by atoms with van der Waals surface area (Å²) in [6.07, 6.45) is 5.69. The highest BCUT2D eigenvalue weighted by atomic mass is 16.6. The van der Waals surface area contributed by atoms with Crippen molar-refractivity contribution in [3.05, 3.63) is 23.8 Å². The van der Waals surface area contributed by atoms with Gasteiger partial charge in [0.25, 0.3) is 0 Å². The van der Waals surface area contributed by atoms with Crippen molar-refractivity contribution in [3.8, 4) is 0 Å². The first-order chi connectivity index (χ1) is 11.3. The van der Waals surface area contributed by atoms with Crippen LogP contribution in [0.15, 0.2) is 22.8 Å². The van der Waals surface area contributed by atoms with Gasteiger partial charge in [-0.2, -0.15) is 0 Å². The van der Waals surface area contributed by atoms with E-state index >= 15 is 0 Å². The Morgan fingerprint density at radius 1 is 1.04 bits per heavy atom. The van der Waals surface area contributed by atoms with E-state index in [9.17, 15) is 0 Å². The lowest BCUT2D eigenvalue weighted by Crippen LogP contribution is -2.44. The summed E-state index contributed by atoms with van der Waals surface area (Å²) in [4.78, 5) is 5.43. The molecular formula is C18H24N4O. The van der Waals surface area contributed by atoms with E-state index in [1.165, 1.54) is 57.4 Å². The fourth-order valence-electron chi connectivity index (χ4n) is 4.49. The highest BCUT2D eigenvalue weighted by molar-refractivity contribution is 5.76. The molecule has 0 unspecified atom stereocenters. The van der Waals surface area contributed by atoms with Crippen LogP contribution >= 0.6 is 0 Å². The SMILES string of the molecule is c1cc(CN2C[C@@H]3CC[C@H](C2)N(CC2CC2)C3)c2nonc2c1. The summed E-state index contributed by atoms with van der Waals surface area (Å²) in [5.74, 6) is 1.83. The Morgan fingerprint density at radius 3 is 2.91 bits per heavy atom. The summed E-state index contributed by atoms with van der Waals surface area (Å²) < 4.78 is 4.92. The second kappa shape index (κ2) is 5.56. The maximum absolute atomic E-state index is 4.92. The van der Waals surface area contributed by atoms with Gasteiger partial charge >= 0.3 is 0 Å². The van der Waals surface area contributed by atoms with Crippen LogP contribution in [0.25, 0.3) is 11.0 Å². The first kappa shape index (κ1) is 13.9. The van der Waals surface area contributed by atoms with Crippen LogP contribution < -0.4 is 0 Å². The van der Waals surface area contributed by atoms with E-state index < -0.39 is 0 Å². The standard InChI is InChI=1S/C18H24N4O/c1-2-15(18-17(3-1)19-23-20-18)11-21-8-14-6-7-16(12-21)22(10-14)9-13-4-5-13/h1-3,13-14,16H,4-12H2/t14-,16+/m0/s1. The summed E-state index contributed by atoms with van der Waals surface area (Å²) in [7, 11) is 0. The molecule has 5 nitrogen and oxygen atoms in total. The average molecular weight is 312 g/mol. The van der Waals surface area contributed by atoms with Gasteiger partial charge in [-0.25, -0.2) is 4.63 Å². The van der Waals surface area contributed by atoms with Crippen LogP contribution in [0.3, 0.4) is 0 Å². The number of hydrogen-bond acceptors (Lipinski definition) is 5. The normalized spacial score (nSPS) is 29.2. The highest BCUT2D eigenvalue weighted by Gasteiger charge is 2.37. The minimum absolute atomic E-state index is 0.754. The van der Waals surface area contributed by atoms with Crippen LogP contribution in [0.1, 0.15) is 31.2 Å². The van der Waals surface area contributed by atoms with Gasteiger partial charge in [-0.1, -0.05) is 12.1 Å². The molecule has 2 aromatic rings. The Balaban J connectivity index is 1.34. The van der Waals surface area contributed by atoms with Gasteiger partial charge in [0.05, 0.1) is 0 Å². The maximum atomic E-state index is 4.92. The molecule has 4 fully saturated rings. The highest BCUT2D eigenvalue weighted by Crippen LogP contribution is 2.35. The summed E-state index contributed by atoms with van der Waals surface area (Å²) in [6.45, 7) is 6.05. The first-order valence-corrected chi connectivity index (χ1v) is 9.02. The topological polar surface area (TPSA) is 45.4 Å². The van der Waals surface area contributed by atoms with Crippen molar-refractivity contribution in [2.45, 2.75) is 38.3 Å². The van der Waals surface area contributed by atoms with E-state index in [4.69, 9.17) is 4.63 Å². The average Bonchev–Trinajstić information content (AvgIpc) is 3.29. The Morgan fingerprint density at radius 2 is 2.00 bits per heavy atom. The fraction of sp³-hybridized carbons (Fsp3) is 0.667. The van der Waals surface area contributed by atoms with Gasteiger partial charge in [0.2, 0.25) is 0 Å². The van der Waals surface area contributed by atoms with E-state index in [-0.39, 0.29) is 0 Å². The molecular weight excluding hydrogens is 288 g/mol. The number of fused-ring (bicyclic) bond motifs is 5. The first-order valence-electron chi connectivity index (χ1n) is 9.02.